The Labute approximate surface area is 202 Å². The fourth-order valence-corrected chi connectivity index (χ4v) is 3.17. The Balaban J connectivity index is 1.87. The zero-order valence-electron chi connectivity index (χ0n) is 21.1. The van der Waals surface area contributed by atoms with Crippen molar-refractivity contribution in [1.29, 1.82) is 0 Å². The average molecular weight is 479 g/mol. The minimum atomic E-state index is -0.567. The summed E-state index contributed by atoms with van der Waals surface area (Å²) in [5.41, 5.74) is -0.215. The van der Waals surface area contributed by atoms with Crippen LogP contribution < -0.4 is 0 Å². The summed E-state index contributed by atoms with van der Waals surface area (Å²) in [6.07, 6.45) is 3.13. The summed E-state index contributed by atoms with van der Waals surface area (Å²) in [5, 5.41) is 0. The molecule has 1 heterocycles. The normalized spacial score (nSPS) is 21.4. The van der Waals surface area contributed by atoms with E-state index in [0.717, 1.165) is 5.56 Å². The second kappa shape index (κ2) is 13.0. The van der Waals surface area contributed by atoms with Gasteiger partial charge in [-0.1, -0.05) is 42.5 Å². The number of esters is 2. The zero-order chi connectivity index (χ0) is 25.2. The van der Waals surface area contributed by atoms with Gasteiger partial charge in [-0.2, -0.15) is 0 Å². The van der Waals surface area contributed by atoms with Crippen molar-refractivity contribution in [3.05, 3.63) is 48.0 Å². The fraction of sp³-hybridized carbons (Fsp3) is 0.615. The summed E-state index contributed by atoms with van der Waals surface area (Å²) in [5.74, 6) is -0.827. The first-order valence-electron chi connectivity index (χ1n) is 11.5. The SMILES string of the molecule is CC(C)(C)OC(=O)COC/C=C\[C@@H]1C[C@H](COCC(=O)OC(C)(C)C)O[C@H](c2ccccc2)O1. The molecule has 0 saturated carbocycles. The molecule has 0 aliphatic carbocycles. The Morgan fingerprint density at radius 1 is 0.912 bits per heavy atom. The van der Waals surface area contributed by atoms with Crippen molar-refractivity contribution >= 4 is 11.9 Å². The lowest BCUT2D eigenvalue weighted by molar-refractivity contribution is -0.246. The van der Waals surface area contributed by atoms with Crippen molar-refractivity contribution in [3.63, 3.8) is 0 Å². The lowest BCUT2D eigenvalue weighted by Crippen LogP contribution is -2.36. The van der Waals surface area contributed by atoms with E-state index in [-0.39, 0.29) is 38.6 Å². The van der Waals surface area contributed by atoms with Gasteiger partial charge in [0.05, 0.1) is 25.4 Å². The van der Waals surface area contributed by atoms with Gasteiger partial charge < -0.3 is 28.4 Å². The van der Waals surface area contributed by atoms with E-state index in [1.807, 2.05) is 78.0 Å². The number of carbonyl (C=O) groups is 2. The fourth-order valence-electron chi connectivity index (χ4n) is 3.17. The number of rotatable bonds is 10. The molecule has 0 aromatic heterocycles. The molecule has 1 aliphatic rings. The molecule has 1 aliphatic heterocycles. The van der Waals surface area contributed by atoms with Crippen LogP contribution in [0.5, 0.6) is 0 Å². The predicted molar refractivity (Wildman–Crippen MR) is 126 cm³/mol. The molecular formula is C26H38O8. The van der Waals surface area contributed by atoms with E-state index in [1.165, 1.54) is 0 Å². The summed E-state index contributed by atoms with van der Waals surface area (Å²) in [6.45, 7) is 11.1. The highest BCUT2D eigenvalue weighted by Crippen LogP contribution is 2.30. The van der Waals surface area contributed by atoms with E-state index in [1.54, 1.807) is 6.08 Å². The molecular weight excluding hydrogens is 440 g/mol. The molecule has 0 amide bonds. The molecule has 0 radical (unpaired) electrons. The largest absolute Gasteiger partial charge is 0.458 e. The smallest absolute Gasteiger partial charge is 0.332 e. The molecule has 0 N–H and O–H groups in total. The second-order valence-electron chi connectivity index (χ2n) is 10.0. The number of hydrogen-bond acceptors (Lipinski definition) is 8. The first-order chi connectivity index (χ1) is 15.9. The minimum absolute atomic E-state index is 0.121. The Morgan fingerprint density at radius 2 is 1.50 bits per heavy atom. The number of hydrogen-bond donors (Lipinski definition) is 0. The summed E-state index contributed by atoms with van der Waals surface area (Å²) >= 11 is 0. The Bertz CT molecular complexity index is 791. The molecule has 190 valence electrons. The summed E-state index contributed by atoms with van der Waals surface area (Å²) in [7, 11) is 0. The van der Waals surface area contributed by atoms with Crippen LogP contribution in [0, 0.1) is 0 Å². The highest BCUT2D eigenvalue weighted by Gasteiger charge is 2.30. The average Bonchev–Trinajstić information content (AvgIpc) is 2.71. The van der Waals surface area contributed by atoms with E-state index in [0.29, 0.717) is 6.42 Å². The quantitative estimate of drug-likeness (QED) is 0.282. The Hall–Kier alpha value is -2.26. The molecule has 0 bridgehead atoms. The Morgan fingerprint density at radius 3 is 2.09 bits per heavy atom. The molecule has 0 unspecified atom stereocenters. The van der Waals surface area contributed by atoms with Gasteiger partial charge in [-0.05, 0) is 41.5 Å². The van der Waals surface area contributed by atoms with E-state index in [2.05, 4.69) is 0 Å². The van der Waals surface area contributed by atoms with E-state index in [9.17, 15) is 9.59 Å². The lowest BCUT2D eigenvalue weighted by Gasteiger charge is -2.34. The number of carbonyl (C=O) groups excluding carboxylic acids is 2. The van der Waals surface area contributed by atoms with Gasteiger partial charge in [0, 0.05) is 12.0 Å². The standard InChI is InChI=1S/C26H38O8/c1-25(2,3)33-22(27)17-29-14-10-13-20-15-21(16-30-18-23(28)34-26(4,5)6)32-24(31-20)19-11-8-7-9-12-19/h7-13,20-21,24H,14-18H2,1-6H3/b13-10-/t20-,21-,24-/m1/s1. The van der Waals surface area contributed by atoms with Crippen molar-refractivity contribution in [2.45, 2.75) is 77.7 Å². The first-order valence-corrected chi connectivity index (χ1v) is 11.5. The zero-order valence-corrected chi connectivity index (χ0v) is 21.1. The van der Waals surface area contributed by atoms with Crippen molar-refractivity contribution in [2.75, 3.05) is 26.4 Å². The third-order valence-electron chi connectivity index (χ3n) is 4.33. The van der Waals surface area contributed by atoms with Crippen molar-refractivity contribution in [3.8, 4) is 0 Å². The molecule has 8 nitrogen and oxygen atoms in total. The molecule has 34 heavy (non-hydrogen) atoms. The van der Waals surface area contributed by atoms with E-state index < -0.39 is 29.4 Å². The highest BCUT2D eigenvalue weighted by atomic mass is 16.7. The van der Waals surface area contributed by atoms with Gasteiger partial charge >= 0.3 is 11.9 Å². The van der Waals surface area contributed by atoms with Gasteiger partial charge in [-0.3, -0.25) is 0 Å². The third kappa shape index (κ3) is 11.7. The van der Waals surface area contributed by atoms with Crippen LogP contribution in [0.25, 0.3) is 0 Å². The molecule has 2 rings (SSSR count). The number of benzene rings is 1. The molecule has 1 fully saturated rings. The predicted octanol–water partition coefficient (Wildman–Crippen LogP) is 4.13. The Kier molecular flexibility index (Phi) is 10.7. The molecule has 8 heteroatoms. The number of ether oxygens (including phenoxy) is 6. The minimum Gasteiger partial charge on any atom is -0.458 e. The maximum Gasteiger partial charge on any atom is 0.332 e. The van der Waals surface area contributed by atoms with Crippen LogP contribution in [-0.4, -0.2) is 61.8 Å². The van der Waals surface area contributed by atoms with Crippen LogP contribution in [0.15, 0.2) is 42.5 Å². The molecule has 3 atom stereocenters. The van der Waals surface area contributed by atoms with Crippen LogP contribution in [0.2, 0.25) is 0 Å². The van der Waals surface area contributed by atoms with Crippen molar-refractivity contribution in [1.82, 2.24) is 0 Å². The maximum absolute atomic E-state index is 11.9. The van der Waals surface area contributed by atoms with Crippen molar-refractivity contribution < 1.29 is 38.0 Å². The van der Waals surface area contributed by atoms with Gasteiger partial charge in [-0.15, -0.1) is 0 Å². The molecule has 1 saturated heterocycles. The maximum atomic E-state index is 11.9. The summed E-state index contributed by atoms with van der Waals surface area (Å²) < 4.78 is 33.6. The van der Waals surface area contributed by atoms with Gasteiger partial charge in [0.25, 0.3) is 0 Å². The van der Waals surface area contributed by atoms with Gasteiger partial charge in [0.2, 0.25) is 0 Å². The highest BCUT2D eigenvalue weighted by molar-refractivity contribution is 5.71. The van der Waals surface area contributed by atoms with Crippen LogP contribution in [-0.2, 0) is 38.0 Å². The third-order valence-corrected chi connectivity index (χ3v) is 4.33. The summed E-state index contributed by atoms with van der Waals surface area (Å²) in [6, 6.07) is 9.62. The van der Waals surface area contributed by atoms with Crippen molar-refractivity contribution in [2.24, 2.45) is 0 Å². The van der Waals surface area contributed by atoms with E-state index in [4.69, 9.17) is 28.4 Å². The van der Waals surface area contributed by atoms with Gasteiger partial charge in [0.15, 0.2) is 6.29 Å². The lowest BCUT2D eigenvalue weighted by atomic mass is 10.1. The summed E-state index contributed by atoms with van der Waals surface area (Å²) in [4.78, 5) is 23.6. The van der Waals surface area contributed by atoms with Crippen LogP contribution in [0.4, 0.5) is 0 Å². The monoisotopic (exact) mass is 478 g/mol. The first kappa shape index (κ1) is 28.0. The molecule has 1 aromatic carbocycles. The second-order valence-corrected chi connectivity index (χ2v) is 10.0. The van der Waals surface area contributed by atoms with Crippen LogP contribution in [0.1, 0.15) is 59.8 Å². The van der Waals surface area contributed by atoms with Gasteiger partial charge in [-0.25, -0.2) is 9.59 Å². The molecule has 1 aromatic rings. The topological polar surface area (TPSA) is 89.5 Å². The van der Waals surface area contributed by atoms with Gasteiger partial charge in [0.1, 0.15) is 24.4 Å². The van der Waals surface area contributed by atoms with Crippen LogP contribution >= 0.6 is 0 Å². The van der Waals surface area contributed by atoms with Crippen LogP contribution in [0.3, 0.4) is 0 Å². The van der Waals surface area contributed by atoms with E-state index >= 15 is 0 Å². The molecule has 0 spiro atoms.